The van der Waals surface area contributed by atoms with Crippen molar-refractivity contribution in [3.8, 4) is 0 Å². The Morgan fingerprint density at radius 1 is 1.25 bits per heavy atom. The number of amides is 2. The average Bonchev–Trinajstić information content (AvgIpc) is 2.94. The Morgan fingerprint density at radius 2 is 1.88 bits per heavy atom. The van der Waals surface area contributed by atoms with Gasteiger partial charge >= 0.3 is 11.0 Å². The predicted octanol–water partition coefficient (Wildman–Crippen LogP) is 3.26. The minimum atomic E-state index is -0.435. The second kappa shape index (κ2) is 5.84. The lowest BCUT2D eigenvalue weighted by Crippen LogP contribution is -2.61. The number of hydrogen-bond donors (Lipinski definition) is 2. The van der Waals surface area contributed by atoms with Crippen molar-refractivity contribution >= 4 is 28.6 Å². The molecule has 0 aromatic carbocycles. The first-order chi connectivity index (χ1) is 11.5. The van der Waals surface area contributed by atoms with Crippen LogP contribution in [0.25, 0.3) is 0 Å². The summed E-state index contributed by atoms with van der Waals surface area (Å²) < 4.78 is 0. The number of urea groups is 1. The van der Waals surface area contributed by atoms with E-state index in [0.29, 0.717) is 4.88 Å². The molecule has 8 heteroatoms. The third-order valence-corrected chi connectivity index (χ3v) is 6.54. The van der Waals surface area contributed by atoms with Crippen LogP contribution in [0.5, 0.6) is 0 Å². The molecule has 5 rings (SSSR count). The van der Waals surface area contributed by atoms with Crippen LogP contribution in [0.4, 0.5) is 9.80 Å². The monoisotopic (exact) mass is 348 g/mol. The number of nitrogens with one attached hydrogen (secondary N) is 2. The van der Waals surface area contributed by atoms with Crippen LogP contribution in [0, 0.1) is 27.9 Å². The molecule has 2 amide bonds. The van der Waals surface area contributed by atoms with Crippen LogP contribution in [0.15, 0.2) is 17.2 Å². The average molecular weight is 348 g/mol. The topological polar surface area (TPSA) is 96.6 Å². The minimum absolute atomic E-state index is 0.0456. The molecule has 0 atom stereocenters. The molecule has 7 nitrogen and oxygen atoms in total. The third kappa shape index (κ3) is 3.02. The number of nitrogens with zero attached hydrogens (tertiary/aromatic N) is 2. The summed E-state index contributed by atoms with van der Waals surface area (Å²) >= 11 is 1.03. The Bertz CT molecular complexity index is 664. The van der Waals surface area contributed by atoms with E-state index in [1.54, 1.807) is 6.07 Å². The molecule has 0 spiro atoms. The molecule has 4 aliphatic carbocycles. The zero-order valence-electron chi connectivity index (χ0n) is 13.2. The van der Waals surface area contributed by atoms with Crippen LogP contribution < -0.4 is 10.7 Å². The van der Waals surface area contributed by atoms with Gasteiger partial charge in [0.2, 0.25) is 0 Å². The van der Waals surface area contributed by atoms with Gasteiger partial charge in [-0.1, -0.05) is 11.3 Å². The molecular formula is C16H20N4O3S. The molecule has 128 valence electrons. The van der Waals surface area contributed by atoms with E-state index in [-0.39, 0.29) is 16.6 Å². The molecule has 0 unspecified atom stereocenters. The van der Waals surface area contributed by atoms with Crippen molar-refractivity contribution in [3.05, 3.63) is 27.1 Å². The smallest absolute Gasteiger partial charge is 0.331 e. The van der Waals surface area contributed by atoms with E-state index in [4.69, 9.17) is 0 Å². The maximum absolute atomic E-state index is 12.2. The quantitative estimate of drug-likeness (QED) is 0.496. The second-order valence-electron chi connectivity index (χ2n) is 7.46. The molecule has 0 aliphatic heterocycles. The van der Waals surface area contributed by atoms with Crippen molar-refractivity contribution < 1.29 is 9.72 Å². The zero-order chi connectivity index (χ0) is 16.7. The number of hydrogen-bond acceptors (Lipinski definition) is 5. The van der Waals surface area contributed by atoms with Crippen molar-refractivity contribution in [3.63, 3.8) is 0 Å². The highest BCUT2D eigenvalue weighted by Crippen LogP contribution is 2.55. The standard InChI is InChI=1S/C16H20N4O3S/c21-15(19-17-9-13-1-2-14(24-13)20(22)23)18-16-6-10-3-11(7-16)5-12(4-10)8-16/h1-2,9-12H,3-8H2,(H2,18,19,21). The number of thiophene rings is 1. The van der Waals surface area contributed by atoms with Crippen LogP contribution >= 0.6 is 11.3 Å². The Morgan fingerprint density at radius 3 is 2.42 bits per heavy atom. The number of hydrazone groups is 1. The van der Waals surface area contributed by atoms with Crippen molar-refractivity contribution in [2.45, 2.75) is 44.1 Å². The van der Waals surface area contributed by atoms with Gasteiger partial charge in [0.15, 0.2) is 0 Å². The number of carbonyl (C=O) groups is 1. The maximum atomic E-state index is 12.2. The summed E-state index contributed by atoms with van der Waals surface area (Å²) in [4.78, 5) is 23.0. The summed E-state index contributed by atoms with van der Waals surface area (Å²) in [6.07, 6.45) is 8.71. The maximum Gasteiger partial charge on any atom is 0.335 e. The highest BCUT2D eigenvalue weighted by atomic mass is 32.1. The molecule has 1 heterocycles. The van der Waals surface area contributed by atoms with Crippen LogP contribution in [-0.2, 0) is 0 Å². The summed E-state index contributed by atoms with van der Waals surface area (Å²) in [6.45, 7) is 0. The molecule has 24 heavy (non-hydrogen) atoms. The Kier molecular flexibility index (Phi) is 3.79. The van der Waals surface area contributed by atoms with Crippen LogP contribution in [0.2, 0.25) is 0 Å². The number of carbonyl (C=O) groups excluding carboxylic acids is 1. The predicted molar refractivity (Wildman–Crippen MR) is 91.1 cm³/mol. The SMILES string of the molecule is O=C(NN=Cc1ccc([N+](=O)[O-])s1)NC12CC3CC(CC(C3)C1)C2. The molecule has 4 fully saturated rings. The van der Waals surface area contributed by atoms with E-state index in [1.165, 1.54) is 31.5 Å². The largest absolute Gasteiger partial charge is 0.335 e. The van der Waals surface area contributed by atoms with Crippen molar-refractivity contribution in [2.24, 2.45) is 22.9 Å². The minimum Gasteiger partial charge on any atom is -0.331 e. The van der Waals surface area contributed by atoms with Crippen LogP contribution in [-0.4, -0.2) is 22.7 Å². The van der Waals surface area contributed by atoms with Gasteiger partial charge in [-0.3, -0.25) is 10.1 Å². The van der Waals surface area contributed by atoms with E-state index < -0.39 is 4.92 Å². The summed E-state index contributed by atoms with van der Waals surface area (Å²) in [5, 5.41) is 17.8. The lowest BCUT2D eigenvalue weighted by molar-refractivity contribution is -0.380. The van der Waals surface area contributed by atoms with Crippen molar-refractivity contribution in [2.75, 3.05) is 0 Å². The van der Waals surface area contributed by atoms with Gasteiger partial charge in [0.25, 0.3) is 0 Å². The van der Waals surface area contributed by atoms with E-state index in [0.717, 1.165) is 48.4 Å². The van der Waals surface area contributed by atoms with Crippen molar-refractivity contribution in [1.82, 2.24) is 10.7 Å². The molecule has 4 bridgehead atoms. The van der Waals surface area contributed by atoms with Crippen LogP contribution in [0.3, 0.4) is 0 Å². The van der Waals surface area contributed by atoms with Gasteiger partial charge in [-0.25, -0.2) is 10.2 Å². The lowest BCUT2D eigenvalue weighted by Gasteiger charge is -2.56. The van der Waals surface area contributed by atoms with Gasteiger partial charge in [-0.2, -0.15) is 5.10 Å². The fourth-order valence-corrected chi connectivity index (χ4v) is 5.89. The Labute approximate surface area is 143 Å². The Balaban J connectivity index is 1.33. The van der Waals surface area contributed by atoms with Gasteiger partial charge < -0.3 is 5.32 Å². The first-order valence-corrected chi connectivity index (χ1v) is 9.18. The molecule has 4 aliphatic rings. The first kappa shape index (κ1) is 15.6. The summed E-state index contributed by atoms with van der Waals surface area (Å²) in [6, 6.07) is 2.77. The number of nitro groups is 1. The molecular weight excluding hydrogens is 328 g/mol. The van der Waals surface area contributed by atoms with Gasteiger partial charge in [0.05, 0.1) is 16.0 Å². The van der Waals surface area contributed by atoms with E-state index in [1.807, 2.05) is 0 Å². The number of rotatable bonds is 4. The molecule has 2 N–H and O–H groups in total. The van der Waals surface area contributed by atoms with E-state index in [2.05, 4.69) is 15.8 Å². The summed E-state index contributed by atoms with van der Waals surface area (Å²) in [7, 11) is 0. The van der Waals surface area contributed by atoms with Gasteiger partial charge in [0.1, 0.15) is 0 Å². The summed E-state index contributed by atoms with van der Waals surface area (Å²) in [5.74, 6) is 2.31. The van der Waals surface area contributed by atoms with Crippen LogP contribution in [0.1, 0.15) is 43.4 Å². The Hall–Kier alpha value is -1.96. The molecule has 1 aromatic rings. The highest BCUT2D eigenvalue weighted by molar-refractivity contribution is 7.16. The fourth-order valence-electron chi connectivity index (χ4n) is 5.20. The normalized spacial score (nSPS) is 33.8. The molecule has 4 saturated carbocycles. The lowest BCUT2D eigenvalue weighted by atomic mass is 9.53. The molecule has 0 radical (unpaired) electrons. The van der Waals surface area contributed by atoms with E-state index in [9.17, 15) is 14.9 Å². The van der Waals surface area contributed by atoms with Gasteiger partial charge in [-0.15, -0.1) is 0 Å². The third-order valence-electron chi connectivity index (χ3n) is 5.57. The fraction of sp³-hybridized carbons (Fsp3) is 0.625. The molecule has 1 aromatic heterocycles. The van der Waals surface area contributed by atoms with E-state index >= 15 is 0 Å². The zero-order valence-corrected chi connectivity index (χ0v) is 14.1. The van der Waals surface area contributed by atoms with Gasteiger partial charge in [-0.05, 0) is 62.3 Å². The molecule has 0 saturated heterocycles. The van der Waals surface area contributed by atoms with Gasteiger partial charge in [0, 0.05) is 11.6 Å². The first-order valence-electron chi connectivity index (χ1n) is 8.37. The summed E-state index contributed by atoms with van der Waals surface area (Å²) in [5.41, 5.74) is 2.46. The highest BCUT2D eigenvalue weighted by Gasteiger charge is 2.51. The van der Waals surface area contributed by atoms with Crippen molar-refractivity contribution in [1.29, 1.82) is 0 Å². The second-order valence-corrected chi connectivity index (χ2v) is 8.55.